The number of ether oxygens (including phenoxy) is 1. The molecule has 0 bridgehead atoms. The zero-order valence-corrected chi connectivity index (χ0v) is 18.4. The van der Waals surface area contributed by atoms with E-state index in [0.717, 1.165) is 5.56 Å². The molecule has 1 amide bonds. The number of rotatable bonds is 5. The molecule has 1 unspecified atom stereocenters. The number of carbonyl (C=O) groups is 2. The zero-order valence-electron chi connectivity index (χ0n) is 16.0. The minimum Gasteiger partial charge on any atom is -0.458 e. The van der Waals surface area contributed by atoms with Crippen LogP contribution in [0.25, 0.3) is 0 Å². The molecule has 1 aromatic heterocycles. The minimum absolute atomic E-state index is 0.127. The molecule has 2 aliphatic heterocycles. The summed E-state index contributed by atoms with van der Waals surface area (Å²) < 4.78 is 3.62. The van der Waals surface area contributed by atoms with Crippen molar-refractivity contribution >= 4 is 39.6 Å². The van der Waals surface area contributed by atoms with Crippen molar-refractivity contribution in [1.82, 2.24) is 9.88 Å². The van der Waals surface area contributed by atoms with E-state index in [0.29, 0.717) is 5.56 Å². The lowest BCUT2D eigenvalue weighted by molar-refractivity contribution is -0.174. The molecular weight excluding hydrogens is 456 g/mol. The maximum Gasteiger partial charge on any atom is 0.345 e. The molecule has 4 atom stereocenters. The van der Waals surface area contributed by atoms with E-state index < -0.39 is 27.2 Å². The second-order valence-corrected chi connectivity index (χ2v) is 10.6. The summed E-state index contributed by atoms with van der Waals surface area (Å²) in [6.07, 6.45) is 2.20. The van der Waals surface area contributed by atoms with Crippen molar-refractivity contribution in [2.24, 2.45) is 5.92 Å². The molecule has 2 fully saturated rings. The van der Waals surface area contributed by atoms with E-state index in [1.807, 2.05) is 44.2 Å². The fraction of sp³-hybridized carbons (Fsp3) is 0.381. The van der Waals surface area contributed by atoms with Crippen LogP contribution in [-0.2, 0) is 20.9 Å². The number of benzene rings is 1. The van der Waals surface area contributed by atoms with Crippen molar-refractivity contribution in [1.29, 1.82) is 0 Å². The average Bonchev–Trinajstić information content (AvgIpc) is 2.91. The van der Waals surface area contributed by atoms with Gasteiger partial charge in [-0.1, -0.05) is 36.4 Å². The van der Waals surface area contributed by atoms with Gasteiger partial charge in [0.1, 0.15) is 6.61 Å². The number of fused-ring (bicyclic) bond motifs is 1. The Kier molecular flexibility index (Phi) is 5.21. The number of hydrogen-bond acceptors (Lipinski definition) is 6. The normalized spacial score (nSPS) is 28.4. The standard InChI is InChI=1S/C21H21BrN2O4S/c1-20(2)21(22,19(27)28-12-13-7-4-3-5-8-13)24-17(26)15(18(24)29-20)16(25)14-9-6-10-23-11-14/h3-11,15-16,18,25H,12H2,1-2H3/t15-,16?,18-,21+/m1/s1. The number of alkyl halides is 1. The molecule has 0 aliphatic carbocycles. The number of β-lactam (4-membered cyclic amide) rings is 1. The van der Waals surface area contributed by atoms with Crippen LogP contribution in [0.5, 0.6) is 0 Å². The molecule has 2 saturated heterocycles. The van der Waals surface area contributed by atoms with E-state index in [2.05, 4.69) is 20.9 Å². The van der Waals surface area contributed by atoms with Gasteiger partial charge in [0.2, 0.25) is 10.4 Å². The van der Waals surface area contributed by atoms with Gasteiger partial charge in [0.15, 0.2) is 0 Å². The Labute approximate surface area is 181 Å². The quantitative estimate of drug-likeness (QED) is 0.308. The third-order valence-electron chi connectivity index (χ3n) is 5.48. The summed E-state index contributed by atoms with van der Waals surface area (Å²) in [6.45, 7) is 3.92. The second-order valence-electron chi connectivity index (χ2n) is 7.67. The van der Waals surface area contributed by atoms with Crippen molar-refractivity contribution in [3.63, 3.8) is 0 Å². The van der Waals surface area contributed by atoms with Gasteiger partial charge >= 0.3 is 5.97 Å². The van der Waals surface area contributed by atoms with Gasteiger partial charge in [-0.15, -0.1) is 11.8 Å². The number of aliphatic hydroxyl groups is 1. The smallest absolute Gasteiger partial charge is 0.345 e. The number of hydrogen-bond donors (Lipinski definition) is 1. The molecule has 6 nitrogen and oxygen atoms in total. The van der Waals surface area contributed by atoms with Crippen molar-refractivity contribution < 1.29 is 19.4 Å². The van der Waals surface area contributed by atoms with E-state index in [-0.39, 0.29) is 17.9 Å². The molecule has 152 valence electrons. The van der Waals surface area contributed by atoms with E-state index in [4.69, 9.17) is 4.74 Å². The third kappa shape index (κ3) is 3.17. The Hall–Kier alpha value is -1.90. The monoisotopic (exact) mass is 476 g/mol. The van der Waals surface area contributed by atoms with Gasteiger partial charge in [-0.25, -0.2) is 4.79 Å². The number of pyridine rings is 1. The Morgan fingerprint density at radius 3 is 2.69 bits per heavy atom. The highest BCUT2D eigenvalue weighted by Crippen LogP contribution is 2.63. The number of carbonyl (C=O) groups excluding carboxylic acids is 2. The minimum atomic E-state index is -1.30. The summed E-state index contributed by atoms with van der Waals surface area (Å²) in [5.41, 5.74) is 1.46. The third-order valence-corrected chi connectivity index (χ3v) is 9.07. The van der Waals surface area contributed by atoms with Gasteiger partial charge in [0, 0.05) is 12.4 Å². The van der Waals surface area contributed by atoms with Gasteiger partial charge in [0.25, 0.3) is 0 Å². The van der Waals surface area contributed by atoms with Crippen molar-refractivity contribution in [3.05, 3.63) is 66.0 Å². The predicted molar refractivity (Wildman–Crippen MR) is 113 cm³/mol. The fourth-order valence-electron chi connectivity index (χ4n) is 3.82. The number of halogens is 1. The molecule has 8 heteroatoms. The highest BCUT2D eigenvalue weighted by atomic mass is 79.9. The van der Waals surface area contributed by atoms with Crippen LogP contribution in [0.2, 0.25) is 0 Å². The number of nitrogens with zero attached hydrogens (tertiary/aromatic N) is 2. The molecule has 4 rings (SSSR count). The van der Waals surface area contributed by atoms with Crippen LogP contribution in [0.4, 0.5) is 0 Å². The molecule has 1 aromatic carbocycles. The summed E-state index contributed by atoms with van der Waals surface area (Å²) in [6, 6.07) is 12.9. The Morgan fingerprint density at radius 1 is 1.31 bits per heavy atom. The number of aliphatic hydroxyl groups excluding tert-OH is 1. The number of aromatic nitrogens is 1. The van der Waals surface area contributed by atoms with Crippen LogP contribution >= 0.6 is 27.7 Å². The molecule has 0 saturated carbocycles. The van der Waals surface area contributed by atoms with E-state index >= 15 is 0 Å². The van der Waals surface area contributed by atoms with Crippen LogP contribution in [0, 0.1) is 5.92 Å². The predicted octanol–water partition coefficient (Wildman–Crippen LogP) is 3.26. The molecule has 2 aromatic rings. The zero-order chi connectivity index (χ0) is 20.8. The van der Waals surface area contributed by atoms with Gasteiger partial charge < -0.3 is 14.7 Å². The Bertz CT molecular complexity index is 927. The van der Waals surface area contributed by atoms with Gasteiger partial charge in [0.05, 0.1) is 22.1 Å². The Balaban J connectivity index is 1.54. The number of esters is 1. The molecule has 2 aliphatic rings. The summed E-state index contributed by atoms with van der Waals surface area (Å²) in [5.74, 6) is -1.42. The lowest BCUT2D eigenvalue weighted by atomic mass is 9.85. The summed E-state index contributed by atoms with van der Waals surface area (Å²) in [5, 5.41) is 10.4. The number of thioether (sulfide) groups is 1. The number of amides is 1. The molecule has 1 N–H and O–H groups in total. The van der Waals surface area contributed by atoms with Crippen LogP contribution in [0.1, 0.15) is 31.1 Å². The lowest BCUT2D eigenvalue weighted by Gasteiger charge is -2.49. The molecule has 0 radical (unpaired) electrons. The largest absolute Gasteiger partial charge is 0.458 e. The van der Waals surface area contributed by atoms with Crippen molar-refractivity contribution in [2.75, 3.05) is 0 Å². The molecular formula is C21H21BrN2O4S. The first kappa shape index (κ1) is 20.4. The molecule has 3 heterocycles. The topological polar surface area (TPSA) is 79.7 Å². The first-order valence-corrected chi connectivity index (χ1v) is 10.9. The first-order chi connectivity index (χ1) is 13.8. The summed E-state index contributed by atoms with van der Waals surface area (Å²) >= 11 is 5.04. The van der Waals surface area contributed by atoms with Crippen LogP contribution in [-0.4, -0.2) is 41.4 Å². The van der Waals surface area contributed by atoms with E-state index in [9.17, 15) is 14.7 Å². The van der Waals surface area contributed by atoms with Crippen LogP contribution in [0.3, 0.4) is 0 Å². The molecule has 29 heavy (non-hydrogen) atoms. The highest BCUT2D eigenvalue weighted by molar-refractivity contribution is 9.10. The maximum absolute atomic E-state index is 13.1. The summed E-state index contributed by atoms with van der Waals surface area (Å²) in [7, 11) is 0. The maximum atomic E-state index is 13.1. The van der Waals surface area contributed by atoms with Crippen molar-refractivity contribution in [2.45, 2.75) is 41.1 Å². The van der Waals surface area contributed by atoms with Crippen LogP contribution < -0.4 is 0 Å². The first-order valence-electron chi connectivity index (χ1n) is 9.26. The van der Waals surface area contributed by atoms with E-state index in [1.54, 1.807) is 24.5 Å². The van der Waals surface area contributed by atoms with Gasteiger partial charge in [-0.2, -0.15) is 0 Å². The van der Waals surface area contributed by atoms with E-state index in [1.165, 1.54) is 16.7 Å². The fourth-order valence-corrected chi connectivity index (χ4v) is 6.47. The Morgan fingerprint density at radius 2 is 2.03 bits per heavy atom. The average molecular weight is 477 g/mol. The van der Waals surface area contributed by atoms with Gasteiger partial charge in [-0.3, -0.25) is 9.78 Å². The highest BCUT2D eigenvalue weighted by Gasteiger charge is 2.73. The summed E-state index contributed by atoms with van der Waals surface area (Å²) in [4.78, 5) is 31.7. The second kappa shape index (κ2) is 7.41. The van der Waals surface area contributed by atoms with Gasteiger partial charge in [-0.05, 0) is 47.0 Å². The van der Waals surface area contributed by atoms with Crippen molar-refractivity contribution in [3.8, 4) is 0 Å². The molecule has 0 spiro atoms. The SMILES string of the molecule is CC1(C)S[C@@H]2[C@H](C(O)c3cccnc3)C(=O)N2[C@@]1(Br)C(=O)OCc1ccccc1. The van der Waals surface area contributed by atoms with Crippen LogP contribution in [0.15, 0.2) is 54.9 Å². The lowest BCUT2D eigenvalue weighted by Crippen LogP contribution is -2.68.